The van der Waals surface area contributed by atoms with Crippen molar-refractivity contribution in [1.29, 1.82) is 5.26 Å². The molecule has 0 saturated carbocycles. The van der Waals surface area contributed by atoms with Crippen molar-refractivity contribution in [1.82, 2.24) is 10.2 Å². The summed E-state index contributed by atoms with van der Waals surface area (Å²) in [5, 5.41) is 12.6. The van der Waals surface area contributed by atoms with Crippen LogP contribution in [-0.2, 0) is 4.74 Å². The van der Waals surface area contributed by atoms with Gasteiger partial charge < -0.3 is 9.64 Å². The van der Waals surface area contributed by atoms with E-state index in [0.717, 1.165) is 25.9 Å². The second kappa shape index (κ2) is 5.45. The quantitative estimate of drug-likeness (QED) is 0.739. The molecule has 1 aliphatic rings. The van der Waals surface area contributed by atoms with Gasteiger partial charge in [-0.1, -0.05) is 0 Å². The Labute approximate surface area is 92.2 Å². The fourth-order valence-electron chi connectivity index (χ4n) is 1.91. The Kier molecular flexibility index (Phi) is 4.52. The van der Waals surface area contributed by atoms with Gasteiger partial charge in [0.2, 0.25) is 0 Å². The maximum Gasteiger partial charge on any atom is 0.111 e. The molecule has 1 fully saturated rings. The van der Waals surface area contributed by atoms with E-state index in [0.29, 0.717) is 6.61 Å². The van der Waals surface area contributed by atoms with Crippen LogP contribution in [0, 0.1) is 11.3 Å². The first-order valence-corrected chi connectivity index (χ1v) is 5.50. The van der Waals surface area contributed by atoms with Crippen molar-refractivity contribution >= 4 is 0 Å². The molecule has 4 nitrogen and oxygen atoms in total. The minimum atomic E-state index is -0.367. The summed E-state index contributed by atoms with van der Waals surface area (Å²) in [5.41, 5.74) is -0.367. The van der Waals surface area contributed by atoms with Crippen LogP contribution < -0.4 is 5.32 Å². The van der Waals surface area contributed by atoms with E-state index >= 15 is 0 Å². The van der Waals surface area contributed by atoms with Crippen LogP contribution in [0.3, 0.4) is 0 Å². The van der Waals surface area contributed by atoms with Gasteiger partial charge in [-0.15, -0.1) is 0 Å². The summed E-state index contributed by atoms with van der Waals surface area (Å²) < 4.78 is 5.46. The molecule has 1 saturated heterocycles. The summed E-state index contributed by atoms with van der Waals surface area (Å²) in [7, 11) is 4.07. The third-order valence-corrected chi connectivity index (χ3v) is 2.80. The Balaban J connectivity index is 2.42. The standard InChI is InChI=1S/C11H21N3O/c1-10-8-11(9-12,4-7-15-10)13-5-6-14(2)3/h10,13H,4-8H2,1-3H3. The lowest BCUT2D eigenvalue weighted by Crippen LogP contribution is -2.51. The van der Waals surface area contributed by atoms with E-state index in [2.05, 4.69) is 16.3 Å². The Hall–Kier alpha value is -0.630. The lowest BCUT2D eigenvalue weighted by atomic mass is 9.88. The highest BCUT2D eigenvalue weighted by Crippen LogP contribution is 2.23. The molecule has 0 bridgehead atoms. The smallest absolute Gasteiger partial charge is 0.111 e. The SMILES string of the molecule is CC1CC(C#N)(NCCN(C)C)CCO1. The number of nitriles is 1. The van der Waals surface area contributed by atoms with Crippen LogP contribution in [0.25, 0.3) is 0 Å². The first-order valence-electron chi connectivity index (χ1n) is 5.50. The third-order valence-electron chi connectivity index (χ3n) is 2.80. The van der Waals surface area contributed by atoms with Crippen molar-refractivity contribution in [2.45, 2.75) is 31.4 Å². The first kappa shape index (κ1) is 12.4. The highest BCUT2D eigenvalue weighted by atomic mass is 16.5. The van der Waals surface area contributed by atoms with Crippen molar-refractivity contribution in [3.63, 3.8) is 0 Å². The molecular weight excluding hydrogens is 190 g/mol. The van der Waals surface area contributed by atoms with E-state index in [-0.39, 0.29) is 11.6 Å². The van der Waals surface area contributed by atoms with Crippen LogP contribution in [0.4, 0.5) is 0 Å². The van der Waals surface area contributed by atoms with Gasteiger partial charge in [0.05, 0.1) is 12.2 Å². The molecule has 1 rings (SSSR count). The number of hydrogen-bond donors (Lipinski definition) is 1. The monoisotopic (exact) mass is 211 g/mol. The van der Waals surface area contributed by atoms with Gasteiger partial charge in [0.15, 0.2) is 0 Å². The van der Waals surface area contributed by atoms with Crippen LogP contribution in [-0.4, -0.2) is 50.3 Å². The number of hydrogen-bond acceptors (Lipinski definition) is 4. The predicted octanol–water partition coefficient (Wildman–Crippen LogP) is 0.599. The van der Waals surface area contributed by atoms with Crippen molar-refractivity contribution in [3.05, 3.63) is 0 Å². The van der Waals surface area contributed by atoms with Crippen LogP contribution in [0.5, 0.6) is 0 Å². The summed E-state index contributed by atoms with van der Waals surface area (Å²) in [4.78, 5) is 2.11. The predicted molar refractivity (Wildman–Crippen MR) is 59.5 cm³/mol. The van der Waals surface area contributed by atoms with Gasteiger partial charge in [-0.05, 0) is 21.0 Å². The largest absolute Gasteiger partial charge is 0.378 e. The number of rotatable bonds is 4. The van der Waals surface area contributed by atoms with Crippen molar-refractivity contribution in [2.24, 2.45) is 0 Å². The second-order valence-electron chi connectivity index (χ2n) is 4.56. The summed E-state index contributed by atoms with van der Waals surface area (Å²) in [5.74, 6) is 0. The number of nitrogens with one attached hydrogen (secondary N) is 1. The van der Waals surface area contributed by atoms with E-state index < -0.39 is 0 Å². The molecule has 0 amide bonds. The molecule has 2 atom stereocenters. The van der Waals surface area contributed by atoms with Crippen LogP contribution in [0.15, 0.2) is 0 Å². The molecule has 2 unspecified atom stereocenters. The summed E-state index contributed by atoms with van der Waals surface area (Å²) >= 11 is 0. The van der Waals surface area contributed by atoms with Gasteiger partial charge >= 0.3 is 0 Å². The van der Waals surface area contributed by atoms with Gasteiger partial charge in [-0.2, -0.15) is 5.26 Å². The molecule has 86 valence electrons. The Morgan fingerprint density at radius 1 is 1.60 bits per heavy atom. The highest BCUT2D eigenvalue weighted by molar-refractivity contribution is 5.09. The van der Waals surface area contributed by atoms with E-state index in [9.17, 15) is 5.26 Å². The van der Waals surface area contributed by atoms with Gasteiger partial charge in [0.25, 0.3) is 0 Å². The Morgan fingerprint density at radius 3 is 2.87 bits per heavy atom. The molecular formula is C11H21N3O. The van der Waals surface area contributed by atoms with Gasteiger partial charge in [0, 0.05) is 32.5 Å². The maximum absolute atomic E-state index is 9.24. The van der Waals surface area contributed by atoms with Crippen molar-refractivity contribution in [2.75, 3.05) is 33.8 Å². The second-order valence-corrected chi connectivity index (χ2v) is 4.56. The summed E-state index contributed by atoms with van der Waals surface area (Å²) in [6.07, 6.45) is 1.77. The van der Waals surface area contributed by atoms with E-state index in [4.69, 9.17) is 4.74 Å². The van der Waals surface area contributed by atoms with E-state index in [1.54, 1.807) is 0 Å². The molecule has 0 aromatic carbocycles. The average Bonchev–Trinajstić information content (AvgIpc) is 2.17. The Morgan fingerprint density at radius 2 is 2.33 bits per heavy atom. The number of likely N-dealkylation sites (N-methyl/N-ethyl adjacent to an activating group) is 1. The molecule has 1 N–H and O–H groups in total. The molecule has 1 heterocycles. The fraction of sp³-hybridized carbons (Fsp3) is 0.909. The zero-order valence-corrected chi connectivity index (χ0v) is 9.92. The molecule has 15 heavy (non-hydrogen) atoms. The topological polar surface area (TPSA) is 48.3 Å². The third kappa shape index (κ3) is 3.78. The zero-order valence-electron chi connectivity index (χ0n) is 9.92. The van der Waals surface area contributed by atoms with E-state index in [1.807, 2.05) is 21.0 Å². The van der Waals surface area contributed by atoms with Gasteiger partial charge in [0.1, 0.15) is 5.54 Å². The van der Waals surface area contributed by atoms with Crippen LogP contribution in [0.1, 0.15) is 19.8 Å². The van der Waals surface area contributed by atoms with Crippen molar-refractivity contribution < 1.29 is 4.74 Å². The molecule has 0 aliphatic carbocycles. The minimum absolute atomic E-state index is 0.185. The van der Waals surface area contributed by atoms with Crippen molar-refractivity contribution in [3.8, 4) is 6.07 Å². The van der Waals surface area contributed by atoms with Gasteiger partial charge in [-0.25, -0.2) is 0 Å². The van der Waals surface area contributed by atoms with E-state index in [1.165, 1.54) is 0 Å². The normalized spacial score (nSPS) is 31.5. The molecule has 0 aromatic rings. The van der Waals surface area contributed by atoms with Crippen LogP contribution >= 0.6 is 0 Å². The van der Waals surface area contributed by atoms with Gasteiger partial charge in [-0.3, -0.25) is 5.32 Å². The van der Waals surface area contributed by atoms with Crippen LogP contribution in [0.2, 0.25) is 0 Å². The summed E-state index contributed by atoms with van der Waals surface area (Å²) in [6.45, 7) is 4.52. The highest BCUT2D eigenvalue weighted by Gasteiger charge is 2.34. The first-order chi connectivity index (χ1) is 7.08. The average molecular weight is 211 g/mol. The zero-order chi connectivity index (χ0) is 11.3. The molecule has 0 aromatic heterocycles. The molecule has 0 radical (unpaired) electrons. The number of nitrogens with zero attached hydrogens (tertiary/aromatic N) is 2. The molecule has 4 heteroatoms. The minimum Gasteiger partial charge on any atom is -0.378 e. The Bertz CT molecular complexity index is 236. The maximum atomic E-state index is 9.24. The lowest BCUT2D eigenvalue weighted by molar-refractivity contribution is -0.00336. The lowest BCUT2D eigenvalue weighted by Gasteiger charge is -2.35. The summed E-state index contributed by atoms with van der Waals surface area (Å²) in [6, 6.07) is 2.41. The molecule has 0 spiro atoms. The number of ether oxygens (including phenoxy) is 1. The molecule has 1 aliphatic heterocycles. The fourth-order valence-corrected chi connectivity index (χ4v) is 1.91.